The van der Waals surface area contributed by atoms with E-state index in [0.717, 1.165) is 24.0 Å². The Hall–Kier alpha value is -4.45. The van der Waals surface area contributed by atoms with Crippen LogP contribution < -0.4 is 16.0 Å². The fraction of sp³-hybridized carbons (Fsp3) is 0.485. The summed E-state index contributed by atoms with van der Waals surface area (Å²) in [5, 5.41) is 8.91. The van der Waals surface area contributed by atoms with Crippen LogP contribution in [0.25, 0.3) is 0 Å². The molecule has 2 fully saturated rings. The van der Waals surface area contributed by atoms with Crippen molar-refractivity contribution < 1.29 is 28.7 Å². The zero-order valence-corrected chi connectivity index (χ0v) is 25.8. The van der Waals surface area contributed by atoms with Gasteiger partial charge >= 0.3 is 6.03 Å². The minimum Gasteiger partial charge on any atom is -0.383 e. The maximum absolute atomic E-state index is 14.0. The second kappa shape index (κ2) is 14.6. The van der Waals surface area contributed by atoms with E-state index < -0.39 is 11.4 Å². The van der Waals surface area contributed by atoms with Gasteiger partial charge < -0.3 is 35.4 Å². The average molecular weight is 619 g/mol. The summed E-state index contributed by atoms with van der Waals surface area (Å²) >= 11 is 0. The molecule has 12 heteroatoms. The molecule has 3 N–H and O–H groups in total. The topological polar surface area (TPSA) is 140 Å². The maximum atomic E-state index is 14.0. The number of carbonyl (C=O) groups excluding carboxylic acids is 5. The molecule has 0 unspecified atom stereocenters. The van der Waals surface area contributed by atoms with Crippen LogP contribution in [0.5, 0.6) is 0 Å². The largest absolute Gasteiger partial charge is 0.383 e. The molecule has 2 aromatic carbocycles. The van der Waals surface area contributed by atoms with E-state index in [1.165, 1.54) is 4.90 Å². The van der Waals surface area contributed by atoms with Crippen LogP contribution in [0.3, 0.4) is 0 Å². The van der Waals surface area contributed by atoms with Crippen LogP contribution in [-0.2, 0) is 36.9 Å². The summed E-state index contributed by atoms with van der Waals surface area (Å²) in [6.07, 6.45) is 2.32. The molecule has 3 aliphatic heterocycles. The smallest absolute Gasteiger partial charge is 0.321 e. The second-order valence-corrected chi connectivity index (χ2v) is 12.1. The zero-order valence-electron chi connectivity index (χ0n) is 25.8. The number of nitrogens with one attached hydrogen (secondary N) is 3. The highest BCUT2D eigenvalue weighted by Crippen LogP contribution is 2.28. The van der Waals surface area contributed by atoms with Crippen LogP contribution in [0.1, 0.15) is 43.2 Å². The first-order valence-electron chi connectivity index (χ1n) is 15.6. The number of anilines is 1. The van der Waals surface area contributed by atoms with E-state index in [1.54, 1.807) is 29.0 Å². The van der Waals surface area contributed by atoms with Crippen LogP contribution in [0.15, 0.2) is 54.6 Å². The summed E-state index contributed by atoms with van der Waals surface area (Å²) in [7, 11) is 1.59. The lowest BCUT2D eigenvalue weighted by Crippen LogP contribution is -2.59. The van der Waals surface area contributed by atoms with Crippen molar-refractivity contribution in [3.63, 3.8) is 0 Å². The van der Waals surface area contributed by atoms with Gasteiger partial charge in [-0.3, -0.25) is 19.2 Å². The van der Waals surface area contributed by atoms with E-state index in [2.05, 4.69) is 16.0 Å². The number of fused-ring (bicyclic) bond motifs is 1. The van der Waals surface area contributed by atoms with Gasteiger partial charge in [0.2, 0.25) is 23.6 Å². The number of carbonyl (C=O) groups is 5. The fourth-order valence-electron chi connectivity index (χ4n) is 6.46. The summed E-state index contributed by atoms with van der Waals surface area (Å²) in [5.41, 5.74) is 1.30. The zero-order chi connectivity index (χ0) is 31.8. The van der Waals surface area contributed by atoms with Crippen molar-refractivity contribution in [2.24, 2.45) is 0 Å². The number of ether oxygens (including phenoxy) is 1. The molecule has 0 aliphatic carbocycles. The molecule has 3 heterocycles. The van der Waals surface area contributed by atoms with Gasteiger partial charge in [-0.1, -0.05) is 42.5 Å². The molecule has 6 amide bonds. The predicted molar refractivity (Wildman–Crippen MR) is 167 cm³/mol. The highest BCUT2D eigenvalue weighted by atomic mass is 16.5. The number of para-hydroxylation sites is 1. The molecular weight excluding hydrogens is 576 g/mol. The Balaban J connectivity index is 1.37. The number of urea groups is 1. The first kappa shape index (κ1) is 32.0. The highest BCUT2D eigenvalue weighted by molar-refractivity contribution is 5.91. The Labute approximate surface area is 263 Å². The molecule has 5 rings (SSSR count). The van der Waals surface area contributed by atoms with Gasteiger partial charge in [-0.15, -0.1) is 0 Å². The number of amides is 6. The fourth-order valence-corrected chi connectivity index (χ4v) is 6.46. The number of likely N-dealkylation sites (tertiary alicyclic amines) is 2. The van der Waals surface area contributed by atoms with Gasteiger partial charge in [-0.2, -0.15) is 0 Å². The van der Waals surface area contributed by atoms with Crippen LogP contribution >= 0.6 is 0 Å². The summed E-state index contributed by atoms with van der Waals surface area (Å²) in [6.45, 7) is 1.26. The Morgan fingerprint density at radius 3 is 2.40 bits per heavy atom. The van der Waals surface area contributed by atoms with Gasteiger partial charge in [0.15, 0.2) is 0 Å². The number of piperidine rings is 1. The number of methoxy groups -OCH3 is 1. The third-order valence-electron chi connectivity index (χ3n) is 8.94. The van der Waals surface area contributed by atoms with E-state index in [1.807, 2.05) is 42.5 Å². The average Bonchev–Trinajstić information content (AvgIpc) is 3.49. The molecule has 0 bridgehead atoms. The lowest BCUT2D eigenvalue weighted by Gasteiger charge is -2.43. The standard InChI is InChI=1S/C33H42N6O6/c1-45-23-27-12-7-15-39(27)31(43)22-38-21-29(41)34-20-25-9-6-5-8-24(25)18-28(40)36-33(19-30(38)42)13-16-37(17-14-33)32(44)35-26-10-3-2-4-11-26/h2-6,8-11,27H,7,12-23H2,1H3,(H,34,41)(H,35,44)(H,36,40)/t27-/m1/s1. The van der Waals surface area contributed by atoms with E-state index >= 15 is 0 Å². The molecule has 0 radical (unpaired) electrons. The van der Waals surface area contributed by atoms with Gasteiger partial charge in [0.25, 0.3) is 0 Å². The first-order valence-corrected chi connectivity index (χ1v) is 15.6. The van der Waals surface area contributed by atoms with Crippen LogP contribution in [0, 0.1) is 0 Å². The van der Waals surface area contributed by atoms with E-state index in [-0.39, 0.29) is 62.3 Å². The quantitative estimate of drug-likeness (QED) is 0.468. The Kier molecular flexibility index (Phi) is 10.3. The summed E-state index contributed by atoms with van der Waals surface area (Å²) < 4.78 is 5.30. The molecule has 0 saturated carbocycles. The van der Waals surface area contributed by atoms with Crippen molar-refractivity contribution in [2.45, 2.75) is 56.7 Å². The Bertz CT molecular complexity index is 1390. The van der Waals surface area contributed by atoms with Crippen molar-refractivity contribution in [3.8, 4) is 0 Å². The molecule has 3 aliphatic rings. The minimum absolute atomic E-state index is 0.0733. The van der Waals surface area contributed by atoms with Gasteiger partial charge in [0, 0.05) is 39.0 Å². The van der Waals surface area contributed by atoms with Crippen LogP contribution in [0.4, 0.5) is 10.5 Å². The number of benzene rings is 2. The predicted octanol–water partition coefficient (Wildman–Crippen LogP) is 1.90. The first-order chi connectivity index (χ1) is 21.7. The molecule has 1 spiro atoms. The molecule has 45 heavy (non-hydrogen) atoms. The lowest BCUT2D eigenvalue weighted by molar-refractivity contribution is -0.145. The normalized spacial score (nSPS) is 20.8. The molecule has 2 aromatic rings. The van der Waals surface area contributed by atoms with E-state index in [0.29, 0.717) is 44.8 Å². The van der Waals surface area contributed by atoms with Crippen molar-refractivity contribution in [3.05, 3.63) is 65.7 Å². The molecular formula is C33H42N6O6. The third kappa shape index (κ3) is 8.18. The number of hydrogen-bond acceptors (Lipinski definition) is 6. The van der Waals surface area contributed by atoms with E-state index in [4.69, 9.17) is 4.74 Å². The molecule has 240 valence electrons. The van der Waals surface area contributed by atoms with Crippen molar-refractivity contribution in [1.29, 1.82) is 0 Å². The van der Waals surface area contributed by atoms with Gasteiger partial charge in [0.1, 0.15) is 13.1 Å². The number of nitrogens with zero attached hydrogens (tertiary/aromatic N) is 3. The molecule has 0 aromatic heterocycles. The minimum atomic E-state index is -0.954. The van der Waals surface area contributed by atoms with Gasteiger partial charge in [-0.05, 0) is 48.9 Å². The summed E-state index contributed by atoms with van der Waals surface area (Å²) in [5.74, 6) is -1.28. The van der Waals surface area contributed by atoms with Gasteiger partial charge in [0.05, 0.1) is 31.0 Å². The van der Waals surface area contributed by atoms with Crippen molar-refractivity contribution in [1.82, 2.24) is 25.3 Å². The third-order valence-corrected chi connectivity index (χ3v) is 8.94. The van der Waals surface area contributed by atoms with Crippen LogP contribution in [-0.4, -0.2) is 102 Å². The number of hydrogen-bond donors (Lipinski definition) is 3. The molecule has 1 atom stereocenters. The number of rotatable bonds is 5. The SMILES string of the molecule is COC[C@H]1CCCN1C(=O)CN1CC(=O)NCc2ccccc2CC(=O)NC2(CCN(C(=O)Nc3ccccc3)CC2)CC1=O. The molecule has 2 saturated heterocycles. The van der Waals surface area contributed by atoms with E-state index in [9.17, 15) is 24.0 Å². The van der Waals surface area contributed by atoms with Gasteiger partial charge in [-0.25, -0.2) is 4.79 Å². The highest BCUT2D eigenvalue weighted by Gasteiger charge is 2.41. The second-order valence-electron chi connectivity index (χ2n) is 12.1. The lowest BCUT2D eigenvalue weighted by atomic mass is 9.83. The van der Waals surface area contributed by atoms with Crippen LogP contribution in [0.2, 0.25) is 0 Å². The maximum Gasteiger partial charge on any atom is 0.321 e. The summed E-state index contributed by atoms with van der Waals surface area (Å²) in [4.78, 5) is 71.8. The summed E-state index contributed by atoms with van der Waals surface area (Å²) in [6, 6.07) is 16.2. The molecule has 12 nitrogen and oxygen atoms in total. The monoisotopic (exact) mass is 618 g/mol. The van der Waals surface area contributed by atoms with Crippen molar-refractivity contribution in [2.75, 3.05) is 51.8 Å². The Morgan fingerprint density at radius 2 is 1.67 bits per heavy atom. The van der Waals surface area contributed by atoms with Crippen molar-refractivity contribution >= 4 is 35.3 Å². The Morgan fingerprint density at radius 1 is 0.956 bits per heavy atom.